The zero-order valence-corrected chi connectivity index (χ0v) is 18.3. The minimum atomic E-state index is -3.69. The van der Waals surface area contributed by atoms with Crippen LogP contribution in [0, 0.1) is 0 Å². The molecule has 0 radical (unpaired) electrons. The van der Waals surface area contributed by atoms with Gasteiger partial charge in [-0.3, -0.25) is 0 Å². The molecule has 0 amide bonds. The number of nitrogens with zero attached hydrogens (tertiary/aromatic N) is 4. The van der Waals surface area contributed by atoms with E-state index in [2.05, 4.69) is 17.3 Å². The summed E-state index contributed by atoms with van der Waals surface area (Å²) in [6.45, 7) is 2.62. The quantitative estimate of drug-likeness (QED) is 0.795. The van der Waals surface area contributed by atoms with Crippen LogP contribution in [0.1, 0.15) is 35.8 Å². The summed E-state index contributed by atoms with van der Waals surface area (Å²) >= 11 is 6.17. The van der Waals surface area contributed by atoms with E-state index >= 15 is 0 Å². The number of sulfonamides is 1. The van der Waals surface area contributed by atoms with Crippen molar-refractivity contribution in [1.82, 2.24) is 19.2 Å². The third-order valence-corrected chi connectivity index (χ3v) is 8.07. The van der Waals surface area contributed by atoms with Gasteiger partial charge in [0.15, 0.2) is 0 Å². The van der Waals surface area contributed by atoms with Crippen molar-refractivity contribution in [3.8, 4) is 0 Å². The van der Waals surface area contributed by atoms with Gasteiger partial charge in [-0.2, -0.15) is 4.31 Å². The Hall–Kier alpha value is -1.74. The van der Waals surface area contributed by atoms with Gasteiger partial charge in [-0.05, 0) is 45.0 Å². The number of likely N-dealkylation sites (N-methyl/N-ethyl adjacent to an activating group) is 1. The zero-order chi connectivity index (χ0) is 20.6. The minimum Gasteiger partial charge on any atom is -0.373 e. The Morgan fingerprint density at radius 1 is 1.21 bits per heavy atom. The fourth-order valence-electron chi connectivity index (χ4n) is 4.19. The van der Waals surface area contributed by atoms with Gasteiger partial charge in [0.25, 0.3) is 0 Å². The van der Waals surface area contributed by atoms with Gasteiger partial charge >= 0.3 is 0 Å². The van der Waals surface area contributed by atoms with Crippen LogP contribution in [0.3, 0.4) is 0 Å². The van der Waals surface area contributed by atoms with Crippen LogP contribution in [0.25, 0.3) is 0 Å². The number of rotatable bonds is 4. The topological polar surface area (TPSA) is 78.4 Å². The summed E-state index contributed by atoms with van der Waals surface area (Å²) in [7, 11) is 0.277. The molecule has 0 aliphatic carbocycles. The third kappa shape index (κ3) is 3.99. The zero-order valence-electron chi connectivity index (χ0n) is 16.7. The van der Waals surface area contributed by atoms with Crippen LogP contribution < -0.4 is 5.32 Å². The molecule has 0 spiro atoms. The maximum absolute atomic E-state index is 13.2. The average Bonchev–Trinajstić information content (AvgIpc) is 2.72. The second kappa shape index (κ2) is 8.18. The molecule has 0 unspecified atom stereocenters. The number of nitrogens with one attached hydrogen (secondary N) is 1. The smallest absolute Gasteiger partial charge is 0.244 e. The standard InChI is InChI=1S/C20H26ClN5O2S/c1-22-20-15-9-11-26(29(27,28)18-8-4-3-7-16(18)21)13-17(15)23-19(24-20)14-6-5-10-25(2)12-14/h3-4,7-8,14H,5-6,9-13H2,1-2H3,(H,22,23,24)/t14-/m0/s1. The maximum atomic E-state index is 13.2. The van der Waals surface area contributed by atoms with E-state index in [1.807, 2.05) is 7.05 Å². The summed E-state index contributed by atoms with van der Waals surface area (Å²) in [4.78, 5) is 12.1. The lowest BCUT2D eigenvalue weighted by Gasteiger charge is -2.32. The van der Waals surface area contributed by atoms with Gasteiger partial charge in [0.1, 0.15) is 16.5 Å². The van der Waals surface area contributed by atoms with E-state index < -0.39 is 10.0 Å². The van der Waals surface area contributed by atoms with E-state index in [0.717, 1.165) is 48.8 Å². The molecule has 1 saturated heterocycles. The van der Waals surface area contributed by atoms with Crippen LogP contribution in [0.4, 0.5) is 5.82 Å². The number of hydrogen-bond acceptors (Lipinski definition) is 6. The van der Waals surface area contributed by atoms with Crippen LogP contribution in [0.15, 0.2) is 29.2 Å². The van der Waals surface area contributed by atoms with Crippen molar-refractivity contribution in [2.75, 3.05) is 39.0 Å². The summed E-state index contributed by atoms with van der Waals surface area (Å²) in [5.41, 5.74) is 1.79. The van der Waals surface area contributed by atoms with E-state index in [0.29, 0.717) is 13.0 Å². The van der Waals surface area contributed by atoms with Gasteiger partial charge in [-0.1, -0.05) is 23.7 Å². The molecule has 1 aromatic carbocycles. The molecule has 2 aliphatic heterocycles. The molecule has 1 fully saturated rings. The highest BCUT2D eigenvalue weighted by atomic mass is 35.5. The molecule has 156 valence electrons. The Labute approximate surface area is 177 Å². The van der Waals surface area contributed by atoms with Crippen molar-refractivity contribution in [2.24, 2.45) is 0 Å². The highest BCUT2D eigenvalue weighted by Gasteiger charge is 2.33. The Kier molecular flexibility index (Phi) is 5.79. The van der Waals surface area contributed by atoms with Gasteiger partial charge in [0, 0.05) is 31.6 Å². The fraction of sp³-hybridized carbons (Fsp3) is 0.500. The number of aromatic nitrogens is 2. The van der Waals surface area contributed by atoms with Crippen LogP contribution in [-0.4, -0.2) is 61.3 Å². The van der Waals surface area contributed by atoms with Crippen molar-refractivity contribution in [3.63, 3.8) is 0 Å². The average molecular weight is 436 g/mol. The summed E-state index contributed by atoms with van der Waals surface area (Å²) in [5, 5.41) is 3.43. The first-order chi connectivity index (χ1) is 13.9. The first kappa shape index (κ1) is 20.5. The van der Waals surface area contributed by atoms with E-state index in [1.54, 1.807) is 24.3 Å². The first-order valence-corrected chi connectivity index (χ1v) is 11.7. The maximum Gasteiger partial charge on any atom is 0.244 e. The molecule has 9 heteroatoms. The molecule has 2 aliphatic rings. The second-order valence-electron chi connectivity index (χ2n) is 7.73. The van der Waals surface area contributed by atoms with E-state index in [4.69, 9.17) is 21.6 Å². The lowest BCUT2D eigenvalue weighted by Crippen LogP contribution is -2.38. The molecule has 4 rings (SSSR count). The van der Waals surface area contributed by atoms with Crippen molar-refractivity contribution in [1.29, 1.82) is 0 Å². The van der Waals surface area contributed by atoms with Crippen LogP contribution in [0.2, 0.25) is 5.02 Å². The van der Waals surface area contributed by atoms with Crippen molar-refractivity contribution in [3.05, 3.63) is 46.4 Å². The summed E-state index contributed by atoms with van der Waals surface area (Å²) < 4.78 is 27.8. The van der Waals surface area contributed by atoms with Crippen LogP contribution >= 0.6 is 11.6 Å². The normalized spacial score (nSPS) is 21.0. The van der Waals surface area contributed by atoms with Crippen molar-refractivity contribution < 1.29 is 8.42 Å². The predicted molar refractivity (Wildman–Crippen MR) is 114 cm³/mol. The van der Waals surface area contributed by atoms with Gasteiger partial charge < -0.3 is 10.2 Å². The van der Waals surface area contributed by atoms with Gasteiger partial charge in [0.05, 0.1) is 17.3 Å². The molecular weight excluding hydrogens is 410 g/mol. The highest BCUT2D eigenvalue weighted by Crippen LogP contribution is 2.32. The number of likely N-dealkylation sites (tertiary alicyclic amines) is 1. The molecule has 0 bridgehead atoms. The Morgan fingerprint density at radius 3 is 2.72 bits per heavy atom. The third-order valence-electron chi connectivity index (χ3n) is 5.73. The first-order valence-electron chi connectivity index (χ1n) is 9.91. The van der Waals surface area contributed by atoms with Gasteiger partial charge in [0.2, 0.25) is 10.0 Å². The minimum absolute atomic E-state index is 0.141. The highest BCUT2D eigenvalue weighted by molar-refractivity contribution is 7.89. The second-order valence-corrected chi connectivity index (χ2v) is 10.0. The molecule has 1 N–H and O–H groups in total. The Balaban J connectivity index is 1.68. The van der Waals surface area contributed by atoms with Crippen molar-refractivity contribution in [2.45, 2.75) is 36.6 Å². The molecule has 2 aromatic rings. The van der Waals surface area contributed by atoms with E-state index in [9.17, 15) is 8.42 Å². The number of fused-ring (bicyclic) bond motifs is 1. The number of anilines is 1. The molecule has 1 aromatic heterocycles. The van der Waals surface area contributed by atoms with Crippen LogP contribution in [0.5, 0.6) is 0 Å². The Bertz CT molecular complexity index is 1010. The Morgan fingerprint density at radius 2 is 2.00 bits per heavy atom. The molecule has 1 atom stereocenters. The van der Waals surface area contributed by atoms with Gasteiger partial charge in [-0.15, -0.1) is 0 Å². The summed E-state index contributed by atoms with van der Waals surface area (Å²) in [5.74, 6) is 1.88. The molecular formula is C20H26ClN5O2S. The molecule has 3 heterocycles. The molecule has 7 nitrogen and oxygen atoms in total. The van der Waals surface area contributed by atoms with E-state index in [1.165, 1.54) is 4.31 Å². The SMILES string of the molecule is CNc1nc([C@H]2CCCN(C)C2)nc2c1CCN(S(=O)(=O)c1ccccc1Cl)C2. The summed E-state index contributed by atoms with van der Waals surface area (Å²) in [6, 6.07) is 6.57. The van der Waals surface area contributed by atoms with E-state index in [-0.39, 0.29) is 22.4 Å². The van der Waals surface area contributed by atoms with Gasteiger partial charge in [-0.25, -0.2) is 18.4 Å². The lowest BCUT2D eigenvalue weighted by molar-refractivity contribution is 0.245. The lowest BCUT2D eigenvalue weighted by atomic mass is 9.96. The number of piperidine rings is 1. The molecule has 0 saturated carbocycles. The molecule has 29 heavy (non-hydrogen) atoms. The number of halogens is 1. The number of hydrogen-bond donors (Lipinski definition) is 1. The largest absolute Gasteiger partial charge is 0.373 e. The monoisotopic (exact) mass is 435 g/mol. The fourth-order valence-corrected chi connectivity index (χ4v) is 6.09. The summed E-state index contributed by atoms with van der Waals surface area (Å²) in [6.07, 6.45) is 2.73. The van der Waals surface area contributed by atoms with Crippen molar-refractivity contribution >= 4 is 27.4 Å². The van der Waals surface area contributed by atoms with Crippen LogP contribution in [-0.2, 0) is 23.0 Å². The predicted octanol–water partition coefficient (Wildman–Crippen LogP) is 2.73. The number of benzene rings is 1.